The number of tetrazole rings is 1. The molecule has 0 spiro atoms. The van der Waals surface area contributed by atoms with Gasteiger partial charge in [0.1, 0.15) is 0 Å². The standard InChI is InChI=1S/C8H15N5O/c1-5(2)6-3-14-4-7(6)9-8-10-12-13-11-8/h5-7H,3-4H2,1-2H3,(H2,9,10,11,12,13). The third-order valence-corrected chi connectivity index (χ3v) is 2.64. The Bertz CT molecular complexity index is 273. The second-order valence-electron chi connectivity index (χ2n) is 3.93. The number of rotatable bonds is 3. The zero-order valence-corrected chi connectivity index (χ0v) is 8.40. The molecule has 0 amide bonds. The topological polar surface area (TPSA) is 75.7 Å². The Kier molecular flexibility index (Phi) is 2.62. The molecule has 1 fully saturated rings. The molecule has 0 saturated carbocycles. The van der Waals surface area contributed by atoms with Crippen molar-refractivity contribution in [2.45, 2.75) is 19.9 Å². The molecule has 6 heteroatoms. The van der Waals surface area contributed by atoms with Gasteiger partial charge in [-0.1, -0.05) is 18.9 Å². The van der Waals surface area contributed by atoms with Crippen LogP contribution in [0.2, 0.25) is 0 Å². The van der Waals surface area contributed by atoms with Crippen molar-refractivity contribution in [1.82, 2.24) is 20.6 Å². The molecule has 2 N–H and O–H groups in total. The van der Waals surface area contributed by atoms with Gasteiger partial charge >= 0.3 is 0 Å². The molecule has 6 nitrogen and oxygen atoms in total. The average Bonchev–Trinajstić information content (AvgIpc) is 2.75. The fourth-order valence-electron chi connectivity index (χ4n) is 1.77. The molecule has 1 aliphatic rings. The predicted molar refractivity (Wildman–Crippen MR) is 50.7 cm³/mol. The summed E-state index contributed by atoms with van der Waals surface area (Å²) in [5, 5.41) is 16.8. The van der Waals surface area contributed by atoms with Crippen LogP contribution in [0.4, 0.5) is 5.95 Å². The highest BCUT2D eigenvalue weighted by Crippen LogP contribution is 2.23. The number of ether oxygens (including phenoxy) is 1. The number of aromatic amines is 1. The molecule has 2 heterocycles. The molecule has 0 radical (unpaired) electrons. The first-order valence-electron chi connectivity index (χ1n) is 4.85. The van der Waals surface area contributed by atoms with E-state index < -0.39 is 0 Å². The second kappa shape index (κ2) is 3.91. The van der Waals surface area contributed by atoms with Gasteiger partial charge < -0.3 is 10.1 Å². The number of anilines is 1. The lowest BCUT2D eigenvalue weighted by Gasteiger charge is -2.20. The SMILES string of the molecule is CC(C)C1COCC1Nc1nn[nH]n1. The summed E-state index contributed by atoms with van der Waals surface area (Å²) in [5.41, 5.74) is 0. The normalized spacial score (nSPS) is 27.1. The van der Waals surface area contributed by atoms with Gasteiger partial charge in [0.15, 0.2) is 0 Å². The maximum atomic E-state index is 5.43. The first kappa shape index (κ1) is 9.39. The van der Waals surface area contributed by atoms with Gasteiger partial charge in [-0.3, -0.25) is 0 Å². The fourth-order valence-corrected chi connectivity index (χ4v) is 1.77. The highest BCUT2D eigenvalue weighted by atomic mass is 16.5. The molecular formula is C8H15N5O. The lowest BCUT2D eigenvalue weighted by Crippen LogP contribution is -2.31. The van der Waals surface area contributed by atoms with E-state index in [1.807, 2.05) is 0 Å². The Morgan fingerprint density at radius 2 is 2.36 bits per heavy atom. The summed E-state index contributed by atoms with van der Waals surface area (Å²) in [6, 6.07) is 0.299. The van der Waals surface area contributed by atoms with Crippen molar-refractivity contribution in [3.05, 3.63) is 0 Å². The maximum Gasteiger partial charge on any atom is 0.263 e. The molecule has 0 aromatic carbocycles. The van der Waals surface area contributed by atoms with E-state index in [-0.39, 0.29) is 0 Å². The minimum Gasteiger partial charge on any atom is -0.379 e. The fraction of sp³-hybridized carbons (Fsp3) is 0.875. The van der Waals surface area contributed by atoms with Crippen molar-refractivity contribution in [2.75, 3.05) is 18.5 Å². The Morgan fingerprint density at radius 3 is 3.00 bits per heavy atom. The average molecular weight is 197 g/mol. The molecular weight excluding hydrogens is 182 g/mol. The number of H-pyrrole nitrogens is 1. The van der Waals surface area contributed by atoms with E-state index in [0.29, 0.717) is 23.8 Å². The predicted octanol–water partition coefficient (Wildman–Crippen LogP) is 0.283. The van der Waals surface area contributed by atoms with Gasteiger partial charge in [0.2, 0.25) is 0 Å². The van der Waals surface area contributed by atoms with E-state index in [2.05, 4.69) is 39.8 Å². The van der Waals surface area contributed by atoms with Gasteiger partial charge in [-0.15, -0.1) is 5.10 Å². The van der Waals surface area contributed by atoms with Gasteiger partial charge in [0.25, 0.3) is 5.95 Å². The molecule has 1 saturated heterocycles. The van der Waals surface area contributed by atoms with Gasteiger partial charge in [-0.25, -0.2) is 0 Å². The van der Waals surface area contributed by atoms with Crippen LogP contribution in [-0.4, -0.2) is 39.9 Å². The molecule has 0 bridgehead atoms. The molecule has 78 valence electrons. The van der Waals surface area contributed by atoms with E-state index in [1.54, 1.807) is 0 Å². The van der Waals surface area contributed by atoms with E-state index >= 15 is 0 Å². The first-order chi connectivity index (χ1) is 6.77. The van der Waals surface area contributed by atoms with Crippen molar-refractivity contribution in [3.8, 4) is 0 Å². The van der Waals surface area contributed by atoms with Gasteiger partial charge in [0.05, 0.1) is 19.3 Å². The van der Waals surface area contributed by atoms with Crippen LogP contribution in [0, 0.1) is 11.8 Å². The summed E-state index contributed by atoms with van der Waals surface area (Å²) in [6.07, 6.45) is 0. The van der Waals surface area contributed by atoms with Crippen molar-refractivity contribution in [1.29, 1.82) is 0 Å². The zero-order valence-electron chi connectivity index (χ0n) is 8.40. The monoisotopic (exact) mass is 197 g/mol. The van der Waals surface area contributed by atoms with Crippen LogP contribution in [0.1, 0.15) is 13.8 Å². The number of nitrogens with zero attached hydrogens (tertiary/aromatic N) is 3. The van der Waals surface area contributed by atoms with Crippen molar-refractivity contribution < 1.29 is 4.74 Å². The quantitative estimate of drug-likeness (QED) is 0.728. The Balaban J connectivity index is 1.97. The molecule has 1 aromatic rings. The molecule has 14 heavy (non-hydrogen) atoms. The summed E-state index contributed by atoms with van der Waals surface area (Å²) in [6.45, 7) is 5.93. The number of hydrogen-bond acceptors (Lipinski definition) is 5. The summed E-state index contributed by atoms with van der Waals surface area (Å²) >= 11 is 0. The largest absolute Gasteiger partial charge is 0.379 e. The summed E-state index contributed by atoms with van der Waals surface area (Å²) < 4.78 is 5.43. The van der Waals surface area contributed by atoms with Crippen LogP contribution < -0.4 is 5.32 Å². The second-order valence-corrected chi connectivity index (χ2v) is 3.93. The van der Waals surface area contributed by atoms with Gasteiger partial charge in [-0.2, -0.15) is 5.21 Å². The highest BCUT2D eigenvalue weighted by Gasteiger charge is 2.31. The smallest absolute Gasteiger partial charge is 0.263 e. The molecule has 1 aliphatic heterocycles. The number of aromatic nitrogens is 4. The van der Waals surface area contributed by atoms with Crippen molar-refractivity contribution in [3.63, 3.8) is 0 Å². The maximum absolute atomic E-state index is 5.43. The number of nitrogens with one attached hydrogen (secondary N) is 2. The Morgan fingerprint density at radius 1 is 1.50 bits per heavy atom. The lowest BCUT2D eigenvalue weighted by atomic mass is 9.91. The molecule has 0 aliphatic carbocycles. The third-order valence-electron chi connectivity index (χ3n) is 2.64. The molecule has 1 aromatic heterocycles. The van der Waals surface area contributed by atoms with E-state index in [4.69, 9.17) is 4.74 Å². The third kappa shape index (κ3) is 1.84. The zero-order chi connectivity index (χ0) is 9.97. The van der Waals surface area contributed by atoms with Crippen LogP contribution in [0.15, 0.2) is 0 Å². The van der Waals surface area contributed by atoms with Crippen LogP contribution in [0.5, 0.6) is 0 Å². The van der Waals surface area contributed by atoms with Crippen LogP contribution in [-0.2, 0) is 4.74 Å². The Hall–Kier alpha value is -1.17. The highest BCUT2D eigenvalue weighted by molar-refractivity contribution is 5.22. The lowest BCUT2D eigenvalue weighted by molar-refractivity contribution is 0.176. The van der Waals surface area contributed by atoms with E-state index in [1.165, 1.54) is 0 Å². The minimum atomic E-state index is 0.299. The molecule has 2 rings (SSSR count). The van der Waals surface area contributed by atoms with Crippen LogP contribution in [0.3, 0.4) is 0 Å². The summed E-state index contributed by atoms with van der Waals surface area (Å²) in [5.74, 6) is 1.67. The van der Waals surface area contributed by atoms with Gasteiger partial charge in [0, 0.05) is 5.92 Å². The van der Waals surface area contributed by atoms with Gasteiger partial charge in [-0.05, 0) is 11.1 Å². The molecule has 2 unspecified atom stereocenters. The van der Waals surface area contributed by atoms with E-state index in [0.717, 1.165) is 13.2 Å². The van der Waals surface area contributed by atoms with Crippen LogP contribution in [0.25, 0.3) is 0 Å². The number of hydrogen-bond donors (Lipinski definition) is 2. The summed E-state index contributed by atoms with van der Waals surface area (Å²) in [7, 11) is 0. The first-order valence-corrected chi connectivity index (χ1v) is 4.85. The van der Waals surface area contributed by atoms with Crippen molar-refractivity contribution in [2.24, 2.45) is 11.8 Å². The van der Waals surface area contributed by atoms with Crippen molar-refractivity contribution >= 4 is 5.95 Å². The Labute approximate surface area is 82.4 Å². The molecule has 2 atom stereocenters. The minimum absolute atomic E-state index is 0.299. The van der Waals surface area contributed by atoms with Crippen LogP contribution >= 0.6 is 0 Å². The summed E-state index contributed by atoms with van der Waals surface area (Å²) in [4.78, 5) is 0. The van der Waals surface area contributed by atoms with E-state index in [9.17, 15) is 0 Å².